The fourth-order valence-electron chi connectivity index (χ4n) is 1.89. The van der Waals surface area contributed by atoms with Crippen molar-refractivity contribution in [3.8, 4) is 5.75 Å². The molecule has 0 atom stereocenters. The van der Waals surface area contributed by atoms with Gasteiger partial charge in [0, 0.05) is 17.7 Å². The van der Waals surface area contributed by atoms with Crippen molar-refractivity contribution in [2.45, 2.75) is 33.4 Å². The van der Waals surface area contributed by atoms with Gasteiger partial charge in [-0.1, -0.05) is 17.7 Å². The first kappa shape index (κ1) is 14.6. The molecule has 6 heteroatoms. The van der Waals surface area contributed by atoms with Gasteiger partial charge in [0.15, 0.2) is 0 Å². The smallest absolute Gasteiger partial charge is 0.488 e. The van der Waals surface area contributed by atoms with Crippen molar-refractivity contribution in [2.24, 2.45) is 0 Å². The quantitative estimate of drug-likeness (QED) is 0.799. The summed E-state index contributed by atoms with van der Waals surface area (Å²) in [4.78, 5) is 0. The molecule has 2 N–H and O–H groups in total. The Morgan fingerprint density at radius 3 is 2.65 bits per heavy atom. The van der Waals surface area contributed by atoms with Crippen LogP contribution in [0.3, 0.4) is 0 Å². The van der Waals surface area contributed by atoms with Gasteiger partial charge in [-0.25, -0.2) is 0 Å². The van der Waals surface area contributed by atoms with E-state index < -0.39 is 7.12 Å². The average Bonchev–Trinajstić information content (AvgIpc) is 2.86. The van der Waals surface area contributed by atoms with Gasteiger partial charge in [-0.05, 0) is 32.9 Å². The zero-order chi connectivity index (χ0) is 14.7. The first-order valence-corrected chi connectivity index (χ1v) is 6.61. The molecule has 1 heterocycles. The number of nitrogens with zero attached hydrogens (tertiary/aromatic N) is 2. The molecule has 2 rings (SSSR count). The van der Waals surface area contributed by atoms with E-state index in [0.29, 0.717) is 23.9 Å². The van der Waals surface area contributed by atoms with Crippen LogP contribution in [0.25, 0.3) is 0 Å². The summed E-state index contributed by atoms with van der Waals surface area (Å²) < 4.78 is 7.49. The Morgan fingerprint density at radius 2 is 2.05 bits per heavy atom. The van der Waals surface area contributed by atoms with E-state index >= 15 is 0 Å². The van der Waals surface area contributed by atoms with Gasteiger partial charge in [-0.2, -0.15) is 5.10 Å². The van der Waals surface area contributed by atoms with E-state index in [1.165, 1.54) is 0 Å². The molecule has 0 saturated carbocycles. The van der Waals surface area contributed by atoms with Gasteiger partial charge in [0.2, 0.25) is 0 Å². The van der Waals surface area contributed by atoms with Crippen molar-refractivity contribution < 1.29 is 14.8 Å². The molecule has 0 aliphatic heterocycles. The molecule has 5 nitrogen and oxygen atoms in total. The topological polar surface area (TPSA) is 67.5 Å². The third-order valence-corrected chi connectivity index (χ3v) is 3.01. The molecule has 0 bridgehead atoms. The Morgan fingerprint density at radius 1 is 1.30 bits per heavy atom. The fourth-order valence-corrected chi connectivity index (χ4v) is 1.89. The number of hydrogen-bond donors (Lipinski definition) is 2. The van der Waals surface area contributed by atoms with Crippen LogP contribution in [0.4, 0.5) is 0 Å². The molecule has 0 amide bonds. The van der Waals surface area contributed by atoms with Crippen LogP contribution >= 0.6 is 0 Å². The second-order valence-corrected chi connectivity index (χ2v) is 5.08. The van der Waals surface area contributed by atoms with E-state index in [4.69, 9.17) is 4.74 Å². The fraction of sp³-hybridized carbons (Fsp3) is 0.357. The van der Waals surface area contributed by atoms with Gasteiger partial charge < -0.3 is 14.8 Å². The SMILES string of the molecule is Cc1ccc(OCc2ccn(C(C)C)n2)c(B(O)O)c1. The number of aromatic nitrogens is 2. The summed E-state index contributed by atoms with van der Waals surface area (Å²) in [7, 11) is -1.54. The van der Waals surface area contributed by atoms with Crippen LogP contribution in [0.2, 0.25) is 0 Å². The summed E-state index contributed by atoms with van der Waals surface area (Å²) in [6, 6.07) is 7.51. The van der Waals surface area contributed by atoms with E-state index in [1.807, 2.05) is 29.9 Å². The Kier molecular flexibility index (Phi) is 4.47. The first-order valence-electron chi connectivity index (χ1n) is 6.61. The molecule has 20 heavy (non-hydrogen) atoms. The highest BCUT2D eigenvalue weighted by Gasteiger charge is 2.17. The van der Waals surface area contributed by atoms with Gasteiger partial charge in [0.05, 0.1) is 5.69 Å². The predicted octanol–water partition coefficient (Wildman–Crippen LogP) is 1.03. The monoisotopic (exact) mass is 274 g/mol. The van der Waals surface area contributed by atoms with Crippen LogP contribution in [0.1, 0.15) is 31.1 Å². The third-order valence-electron chi connectivity index (χ3n) is 3.01. The van der Waals surface area contributed by atoms with Gasteiger partial charge >= 0.3 is 7.12 Å². The summed E-state index contributed by atoms with van der Waals surface area (Å²) in [5.74, 6) is 0.463. The molecule has 0 saturated heterocycles. The molecule has 1 aromatic carbocycles. The highest BCUT2D eigenvalue weighted by molar-refractivity contribution is 6.59. The van der Waals surface area contributed by atoms with Crippen LogP contribution in [-0.2, 0) is 6.61 Å². The van der Waals surface area contributed by atoms with Crippen molar-refractivity contribution in [3.63, 3.8) is 0 Å². The molecule has 0 aliphatic rings. The Balaban J connectivity index is 2.10. The number of hydrogen-bond acceptors (Lipinski definition) is 4. The molecular weight excluding hydrogens is 255 g/mol. The van der Waals surface area contributed by atoms with E-state index in [1.54, 1.807) is 12.1 Å². The maximum Gasteiger partial charge on any atom is 0.492 e. The van der Waals surface area contributed by atoms with Crippen LogP contribution < -0.4 is 10.2 Å². The summed E-state index contributed by atoms with van der Waals surface area (Å²) in [5, 5.41) is 23.1. The maximum atomic E-state index is 9.36. The van der Waals surface area contributed by atoms with Crippen LogP contribution in [0.5, 0.6) is 5.75 Å². The predicted molar refractivity (Wildman–Crippen MR) is 77.9 cm³/mol. The van der Waals surface area contributed by atoms with Gasteiger partial charge in [0.1, 0.15) is 12.4 Å². The molecule has 0 aliphatic carbocycles. The second-order valence-electron chi connectivity index (χ2n) is 5.08. The van der Waals surface area contributed by atoms with Gasteiger partial charge in [0.25, 0.3) is 0 Å². The first-order chi connectivity index (χ1) is 9.47. The lowest BCUT2D eigenvalue weighted by molar-refractivity contribution is 0.299. The Bertz CT molecular complexity index is 582. The van der Waals surface area contributed by atoms with Gasteiger partial charge in [-0.15, -0.1) is 0 Å². The number of ether oxygens (including phenoxy) is 1. The second kappa shape index (κ2) is 6.11. The minimum absolute atomic E-state index is 0.294. The number of benzene rings is 1. The molecule has 2 aromatic rings. The minimum atomic E-state index is -1.54. The number of aryl methyl sites for hydroxylation is 1. The normalized spacial score (nSPS) is 10.9. The highest BCUT2D eigenvalue weighted by atomic mass is 16.5. The number of rotatable bonds is 5. The highest BCUT2D eigenvalue weighted by Crippen LogP contribution is 2.12. The van der Waals surface area contributed by atoms with Crippen LogP contribution in [0.15, 0.2) is 30.5 Å². The summed E-state index contributed by atoms with van der Waals surface area (Å²) in [6.45, 7) is 6.29. The maximum absolute atomic E-state index is 9.36. The largest absolute Gasteiger partial charge is 0.492 e. The zero-order valence-corrected chi connectivity index (χ0v) is 11.9. The Hall–Kier alpha value is -1.79. The summed E-state index contributed by atoms with van der Waals surface area (Å²) >= 11 is 0. The lowest BCUT2D eigenvalue weighted by Crippen LogP contribution is -2.31. The lowest BCUT2D eigenvalue weighted by Gasteiger charge is -2.11. The molecule has 0 fully saturated rings. The van der Waals surface area contributed by atoms with E-state index in [2.05, 4.69) is 18.9 Å². The zero-order valence-electron chi connectivity index (χ0n) is 11.9. The molecule has 0 spiro atoms. The van der Waals surface area contributed by atoms with E-state index in [0.717, 1.165) is 11.3 Å². The standard InChI is InChI=1S/C14H19BN2O3/c1-10(2)17-7-6-12(16-17)9-20-14-5-4-11(3)8-13(14)15(18)19/h4-8,10,18-19H,9H2,1-3H3. The third kappa shape index (κ3) is 3.40. The lowest BCUT2D eigenvalue weighted by atomic mass is 9.79. The molecule has 1 aromatic heterocycles. The van der Waals surface area contributed by atoms with Gasteiger partial charge in [-0.3, -0.25) is 4.68 Å². The van der Waals surface area contributed by atoms with Crippen molar-refractivity contribution in [2.75, 3.05) is 0 Å². The van der Waals surface area contributed by atoms with Crippen molar-refractivity contribution in [1.29, 1.82) is 0 Å². The molecule has 0 radical (unpaired) electrons. The van der Waals surface area contributed by atoms with Crippen LogP contribution in [0, 0.1) is 6.92 Å². The van der Waals surface area contributed by atoms with Crippen molar-refractivity contribution in [3.05, 3.63) is 41.7 Å². The van der Waals surface area contributed by atoms with E-state index in [-0.39, 0.29) is 0 Å². The summed E-state index contributed by atoms with van der Waals surface area (Å²) in [6.07, 6.45) is 1.90. The molecule has 0 unspecified atom stereocenters. The minimum Gasteiger partial charge on any atom is -0.488 e. The summed E-state index contributed by atoms with van der Waals surface area (Å²) in [5.41, 5.74) is 2.12. The molecular formula is C14H19BN2O3. The van der Waals surface area contributed by atoms with E-state index in [9.17, 15) is 10.0 Å². The van der Waals surface area contributed by atoms with Crippen molar-refractivity contribution >= 4 is 12.6 Å². The molecule has 106 valence electrons. The van der Waals surface area contributed by atoms with Crippen LogP contribution in [-0.4, -0.2) is 26.9 Å². The van der Waals surface area contributed by atoms with Crippen molar-refractivity contribution in [1.82, 2.24) is 9.78 Å². The average molecular weight is 274 g/mol. The Labute approximate surface area is 119 Å².